The Hall–Kier alpha value is -0.930. The molecule has 1 aliphatic heterocycles. The van der Waals surface area contributed by atoms with Crippen molar-refractivity contribution >= 4 is 0 Å². The van der Waals surface area contributed by atoms with E-state index < -0.39 is 0 Å². The predicted molar refractivity (Wildman–Crippen MR) is 57.1 cm³/mol. The van der Waals surface area contributed by atoms with Crippen molar-refractivity contribution in [2.75, 3.05) is 13.1 Å². The average molecular weight is 209 g/mol. The van der Waals surface area contributed by atoms with Gasteiger partial charge in [0.15, 0.2) is 0 Å². The van der Waals surface area contributed by atoms with E-state index >= 15 is 0 Å². The van der Waals surface area contributed by atoms with E-state index in [2.05, 4.69) is 5.32 Å². The Morgan fingerprint density at radius 1 is 1.27 bits per heavy atom. The minimum absolute atomic E-state index is 0.175. The average Bonchev–Trinajstić information content (AvgIpc) is 2.29. The Balaban J connectivity index is 1.84. The molecule has 0 atom stereocenters. The maximum Gasteiger partial charge on any atom is 0.128 e. The van der Waals surface area contributed by atoms with Gasteiger partial charge >= 0.3 is 0 Å². The summed E-state index contributed by atoms with van der Waals surface area (Å²) in [4.78, 5) is 0. The molecule has 1 aromatic rings. The molecule has 0 bridgehead atoms. The molecular formula is C12H16FNO. The predicted octanol–water partition coefficient (Wildman–Crippen LogP) is 2.09. The number of ether oxygens (including phenoxy) is 1. The summed E-state index contributed by atoms with van der Waals surface area (Å²) in [5.74, 6) is -0.175. The van der Waals surface area contributed by atoms with Gasteiger partial charge in [0.1, 0.15) is 5.82 Å². The molecule has 1 saturated heterocycles. The van der Waals surface area contributed by atoms with Crippen LogP contribution in [0.15, 0.2) is 24.3 Å². The molecule has 1 N–H and O–H groups in total. The van der Waals surface area contributed by atoms with Crippen molar-refractivity contribution in [2.45, 2.75) is 25.6 Å². The summed E-state index contributed by atoms with van der Waals surface area (Å²) in [5, 5.41) is 3.27. The summed E-state index contributed by atoms with van der Waals surface area (Å²) in [6.07, 6.45) is 2.33. The second kappa shape index (κ2) is 5.24. The van der Waals surface area contributed by atoms with Crippen LogP contribution < -0.4 is 5.32 Å². The molecule has 0 amide bonds. The number of halogens is 1. The second-order valence-electron chi connectivity index (χ2n) is 3.85. The third kappa shape index (κ3) is 3.01. The monoisotopic (exact) mass is 209 g/mol. The molecule has 2 nitrogen and oxygen atoms in total. The van der Waals surface area contributed by atoms with Crippen LogP contribution >= 0.6 is 0 Å². The quantitative estimate of drug-likeness (QED) is 0.823. The van der Waals surface area contributed by atoms with Crippen molar-refractivity contribution in [3.8, 4) is 0 Å². The lowest BCUT2D eigenvalue weighted by Gasteiger charge is -2.23. The molecule has 0 aromatic heterocycles. The number of hydrogen-bond acceptors (Lipinski definition) is 2. The van der Waals surface area contributed by atoms with Crippen molar-refractivity contribution in [1.82, 2.24) is 5.32 Å². The third-order valence-corrected chi connectivity index (χ3v) is 2.72. The van der Waals surface area contributed by atoms with Gasteiger partial charge in [-0.3, -0.25) is 0 Å². The summed E-state index contributed by atoms with van der Waals surface area (Å²) in [7, 11) is 0. The number of hydrogen-bond donors (Lipinski definition) is 1. The highest BCUT2D eigenvalue weighted by molar-refractivity contribution is 5.16. The SMILES string of the molecule is Fc1ccccc1COC1CCNCC1. The van der Waals surface area contributed by atoms with Gasteiger partial charge in [0.05, 0.1) is 12.7 Å². The van der Waals surface area contributed by atoms with Gasteiger partial charge in [-0.25, -0.2) is 4.39 Å². The highest BCUT2D eigenvalue weighted by Gasteiger charge is 2.13. The molecule has 82 valence electrons. The van der Waals surface area contributed by atoms with E-state index in [-0.39, 0.29) is 11.9 Å². The fraction of sp³-hybridized carbons (Fsp3) is 0.500. The van der Waals surface area contributed by atoms with Crippen LogP contribution in [0.25, 0.3) is 0 Å². The van der Waals surface area contributed by atoms with Crippen LogP contribution in [-0.4, -0.2) is 19.2 Å². The van der Waals surface area contributed by atoms with Crippen LogP contribution in [0.5, 0.6) is 0 Å². The first-order valence-electron chi connectivity index (χ1n) is 5.42. The van der Waals surface area contributed by atoms with E-state index in [0.717, 1.165) is 25.9 Å². The third-order valence-electron chi connectivity index (χ3n) is 2.72. The molecule has 1 heterocycles. The van der Waals surface area contributed by atoms with E-state index in [4.69, 9.17) is 4.74 Å². The van der Waals surface area contributed by atoms with Crippen molar-refractivity contribution in [3.05, 3.63) is 35.6 Å². The topological polar surface area (TPSA) is 21.3 Å². The largest absolute Gasteiger partial charge is 0.373 e. The van der Waals surface area contributed by atoms with E-state index in [0.29, 0.717) is 12.2 Å². The van der Waals surface area contributed by atoms with Gasteiger partial charge in [-0.05, 0) is 32.0 Å². The van der Waals surface area contributed by atoms with Gasteiger partial charge in [-0.1, -0.05) is 18.2 Å². The lowest BCUT2D eigenvalue weighted by Crippen LogP contribution is -2.32. The maximum atomic E-state index is 13.3. The van der Waals surface area contributed by atoms with Crippen LogP contribution in [0.3, 0.4) is 0 Å². The van der Waals surface area contributed by atoms with Crippen LogP contribution in [0.1, 0.15) is 18.4 Å². The van der Waals surface area contributed by atoms with Gasteiger partial charge in [-0.15, -0.1) is 0 Å². The van der Waals surface area contributed by atoms with Gasteiger partial charge in [0, 0.05) is 5.56 Å². The normalized spacial score (nSPS) is 17.9. The first-order chi connectivity index (χ1) is 7.36. The molecule has 0 aliphatic carbocycles. The lowest BCUT2D eigenvalue weighted by molar-refractivity contribution is 0.0199. The van der Waals surface area contributed by atoms with E-state index in [9.17, 15) is 4.39 Å². The van der Waals surface area contributed by atoms with Gasteiger partial charge in [0.25, 0.3) is 0 Å². The Kier molecular flexibility index (Phi) is 3.69. The molecule has 0 spiro atoms. The molecular weight excluding hydrogens is 193 g/mol. The number of piperidine rings is 1. The van der Waals surface area contributed by atoms with Crippen LogP contribution in [0.2, 0.25) is 0 Å². The number of nitrogens with one attached hydrogen (secondary N) is 1. The first-order valence-corrected chi connectivity index (χ1v) is 5.42. The van der Waals surface area contributed by atoms with Gasteiger partial charge < -0.3 is 10.1 Å². The zero-order chi connectivity index (χ0) is 10.5. The minimum Gasteiger partial charge on any atom is -0.373 e. The van der Waals surface area contributed by atoms with Crippen LogP contribution in [-0.2, 0) is 11.3 Å². The van der Waals surface area contributed by atoms with Crippen LogP contribution in [0.4, 0.5) is 4.39 Å². The fourth-order valence-corrected chi connectivity index (χ4v) is 1.79. The van der Waals surface area contributed by atoms with Crippen LogP contribution in [0, 0.1) is 5.82 Å². The van der Waals surface area contributed by atoms with E-state index in [1.54, 1.807) is 12.1 Å². The van der Waals surface area contributed by atoms with Crippen molar-refractivity contribution in [1.29, 1.82) is 0 Å². The van der Waals surface area contributed by atoms with Crippen molar-refractivity contribution in [2.24, 2.45) is 0 Å². The summed E-state index contributed by atoms with van der Waals surface area (Å²) < 4.78 is 18.9. The van der Waals surface area contributed by atoms with Gasteiger partial charge in [-0.2, -0.15) is 0 Å². The molecule has 2 rings (SSSR count). The molecule has 0 unspecified atom stereocenters. The summed E-state index contributed by atoms with van der Waals surface area (Å²) in [6, 6.07) is 6.78. The second-order valence-corrected chi connectivity index (χ2v) is 3.85. The maximum absolute atomic E-state index is 13.3. The fourth-order valence-electron chi connectivity index (χ4n) is 1.79. The molecule has 1 fully saturated rings. The molecule has 1 aromatic carbocycles. The summed E-state index contributed by atoms with van der Waals surface area (Å²) in [5.41, 5.74) is 0.649. The highest BCUT2D eigenvalue weighted by Crippen LogP contribution is 2.13. The molecule has 1 aliphatic rings. The van der Waals surface area contributed by atoms with E-state index in [1.165, 1.54) is 6.07 Å². The smallest absolute Gasteiger partial charge is 0.128 e. The Labute approximate surface area is 89.4 Å². The zero-order valence-electron chi connectivity index (χ0n) is 8.71. The Bertz CT molecular complexity index is 310. The Morgan fingerprint density at radius 3 is 2.73 bits per heavy atom. The Morgan fingerprint density at radius 2 is 2.00 bits per heavy atom. The van der Waals surface area contributed by atoms with Crippen molar-refractivity contribution in [3.63, 3.8) is 0 Å². The molecule has 3 heteroatoms. The molecule has 15 heavy (non-hydrogen) atoms. The standard InChI is InChI=1S/C12H16FNO/c13-12-4-2-1-3-10(12)9-15-11-5-7-14-8-6-11/h1-4,11,14H,5-9H2. The van der Waals surface area contributed by atoms with E-state index in [1.807, 2.05) is 6.07 Å². The van der Waals surface area contributed by atoms with Crippen molar-refractivity contribution < 1.29 is 9.13 Å². The minimum atomic E-state index is -0.175. The number of benzene rings is 1. The summed E-state index contributed by atoms with van der Waals surface area (Å²) >= 11 is 0. The lowest BCUT2D eigenvalue weighted by atomic mass is 10.1. The first kappa shape index (κ1) is 10.6. The van der Waals surface area contributed by atoms with Gasteiger partial charge in [0.2, 0.25) is 0 Å². The summed E-state index contributed by atoms with van der Waals surface area (Å²) in [6.45, 7) is 2.39. The number of rotatable bonds is 3. The molecule has 0 saturated carbocycles. The molecule has 0 radical (unpaired) electrons. The highest BCUT2D eigenvalue weighted by atomic mass is 19.1. The zero-order valence-corrected chi connectivity index (χ0v) is 8.71.